The fraction of sp³-hybridized carbons (Fsp3) is 0.586. The van der Waals surface area contributed by atoms with Crippen molar-refractivity contribution >= 4 is 48.1 Å². The van der Waals surface area contributed by atoms with E-state index >= 15 is 0 Å². The summed E-state index contributed by atoms with van der Waals surface area (Å²) in [5.74, 6) is -3.43. The van der Waals surface area contributed by atoms with Gasteiger partial charge in [0.2, 0.25) is 29.5 Å². The van der Waals surface area contributed by atoms with Crippen LogP contribution in [-0.4, -0.2) is 123 Å². The monoisotopic (exact) mass is 632 g/mol. The molecule has 3 heterocycles. The summed E-state index contributed by atoms with van der Waals surface area (Å²) in [4.78, 5) is 81.3. The molecule has 15 heteroatoms. The maximum atomic E-state index is 13.6. The van der Waals surface area contributed by atoms with Crippen LogP contribution in [0.4, 0.5) is 0 Å². The Bertz CT molecular complexity index is 1260. The molecule has 6 N–H and O–H groups in total. The van der Waals surface area contributed by atoms with E-state index in [2.05, 4.69) is 23.3 Å². The van der Waals surface area contributed by atoms with Gasteiger partial charge in [-0.2, -0.15) is 12.6 Å². The first-order chi connectivity index (χ1) is 21.0. The summed E-state index contributed by atoms with van der Waals surface area (Å²) < 4.78 is 0. The van der Waals surface area contributed by atoms with Gasteiger partial charge in [0.05, 0.1) is 12.6 Å². The van der Waals surface area contributed by atoms with Crippen LogP contribution in [0.5, 0.6) is 5.75 Å². The number of aliphatic carboxylic acids is 1. The molecule has 3 aliphatic rings. The molecule has 3 saturated heterocycles. The minimum Gasteiger partial charge on any atom is -0.508 e. The van der Waals surface area contributed by atoms with Gasteiger partial charge < -0.3 is 41.3 Å². The molecule has 0 bridgehead atoms. The van der Waals surface area contributed by atoms with Crippen molar-refractivity contribution in [2.75, 3.05) is 31.9 Å². The van der Waals surface area contributed by atoms with Gasteiger partial charge in [0.15, 0.2) is 0 Å². The fourth-order valence-electron chi connectivity index (χ4n) is 6.13. The third-order valence-corrected chi connectivity index (χ3v) is 8.82. The average molecular weight is 633 g/mol. The summed E-state index contributed by atoms with van der Waals surface area (Å²) in [6.07, 6.45) is 3.03. The van der Waals surface area contributed by atoms with Gasteiger partial charge in [0, 0.05) is 25.4 Å². The minimum atomic E-state index is -1.10. The molecular formula is C29H40N6O8S. The van der Waals surface area contributed by atoms with Crippen molar-refractivity contribution in [2.24, 2.45) is 5.73 Å². The van der Waals surface area contributed by atoms with Gasteiger partial charge in [0.1, 0.15) is 29.9 Å². The molecule has 5 amide bonds. The number of hydrogen-bond donors (Lipinski definition) is 6. The highest BCUT2D eigenvalue weighted by molar-refractivity contribution is 7.80. The zero-order valence-electron chi connectivity index (χ0n) is 24.4. The molecule has 4 rings (SSSR count). The number of nitrogens with two attached hydrogens (primary N) is 1. The zero-order chi connectivity index (χ0) is 32.0. The molecule has 44 heavy (non-hydrogen) atoms. The molecule has 5 atom stereocenters. The Morgan fingerprint density at radius 2 is 1.48 bits per heavy atom. The van der Waals surface area contributed by atoms with Crippen LogP contribution in [0.3, 0.4) is 0 Å². The first-order valence-electron chi connectivity index (χ1n) is 14.9. The molecule has 3 fully saturated rings. The maximum Gasteiger partial charge on any atom is 0.326 e. The minimum absolute atomic E-state index is 0.0384. The lowest BCUT2D eigenvalue weighted by atomic mass is 10.1. The van der Waals surface area contributed by atoms with Gasteiger partial charge in [-0.15, -0.1) is 0 Å². The number of carbonyl (C=O) groups is 6. The highest BCUT2D eigenvalue weighted by Crippen LogP contribution is 2.26. The molecule has 240 valence electrons. The van der Waals surface area contributed by atoms with Crippen molar-refractivity contribution < 1.29 is 39.0 Å². The third kappa shape index (κ3) is 7.62. The number of carboxylic acid groups (broad SMARTS) is 1. The Labute approximate surface area is 260 Å². The normalized spacial score (nSPS) is 22.9. The van der Waals surface area contributed by atoms with Crippen molar-refractivity contribution in [1.82, 2.24) is 25.3 Å². The number of benzene rings is 1. The van der Waals surface area contributed by atoms with Gasteiger partial charge in [-0.1, -0.05) is 12.1 Å². The van der Waals surface area contributed by atoms with Crippen LogP contribution in [0.25, 0.3) is 0 Å². The van der Waals surface area contributed by atoms with Crippen LogP contribution in [0.2, 0.25) is 0 Å². The number of carbonyl (C=O) groups excluding carboxylic acids is 5. The molecule has 14 nitrogen and oxygen atoms in total. The molecule has 3 aliphatic heterocycles. The Morgan fingerprint density at radius 1 is 0.886 bits per heavy atom. The largest absolute Gasteiger partial charge is 0.508 e. The van der Waals surface area contributed by atoms with Crippen molar-refractivity contribution in [2.45, 2.75) is 75.2 Å². The second kappa shape index (κ2) is 14.8. The summed E-state index contributed by atoms with van der Waals surface area (Å²) in [6, 6.07) is 1.74. The summed E-state index contributed by atoms with van der Waals surface area (Å²) in [5, 5.41) is 24.1. The van der Waals surface area contributed by atoms with E-state index in [1.807, 2.05) is 0 Å². The lowest BCUT2D eigenvalue weighted by molar-refractivity contribution is -0.150. The van der Waals surface area contributed by atoms with Gasteiger partial charge in [0.25, 0.3) is 0 Å². The van der Waals surface area contributed by atoms with Crippen LogP contribution in [0.15, 0.2) is 24.3 Å². The molecule has 0 aromatic heterocycles. The highest BCUT2D eigenvalue weighted by atomic mass is 32.1. The van der Waals surface area contributed by atoms with Crippen LogP contribution in [0.1, 0.15) is 44.1 Å². The van der Waals surface area contributed by atoms with Crippen molar-refractivity contribution in [1.29, 1.82) is 0 Å². The van der Waals surface area contributed by atoms with E-state index in [0.29, 0.717) is 51.6 Å². The van der Waals surface area contributed by atoms with Gasteiger partial charge in [-0.25, -0.2) is 4.79 Å². The Balaban J connectivity index is 1.32. The van der Waals surface area contributed by atoms with E-state index in [1.165, 1.54) is 26.8 Å². The summed E-state index contributed by atoms with van der Waals surface area (Å²) >= 11 is 4.21. The predicted molar refractivity (Wildman–Crippen MR) is 160 cm³/mol. The second-order valence-electron chi connectivity index (χ2n) is 11.4. The number of phenols is 1. The van der Waals surface area contributed by atoms with Crippen LogP contribution in [0, 0.1) is 0 Å². The lowest BCUT2D eigenvalue weighted by Crippen LogP contribution is -2.58. The number of amides is 5. The van der Waals surface area contributed by atoms with Gasteiger partial charge >= 0.3 is 5.97 Å². The molecule has 0 unspecified atom stereocenters. The SMILES string of the molecule is N[C@@H](Cc1ccc(O)cc1)C(=O)NCC(=O)N1CCC[C@H]1C(=O)N1CCC[C@H]1C(=O)N[C@@H](CS)C(=O)N1CCC[C@H]1C(=O)O. The standard InChI is InChI=1S/C29H40N6O8S/c30-19(14-17-7-9-18(36)10-8-17)25(38)31-15-24(37)33-11-2-5-22(33)28(41)34-12-1-4-21(34)26(39)32-20(16-44)27(40)35-13-3-6-23(35)29(42)43/h7-10,19-23,36,44H,1-6,11-16,30H2,(H,31,38)(H,32,39)(H,42,43)/t19-,20-,21-,22-,23-/m0/s1. The summed E-state index contributed by atoms with van der Waals surface area (Å²) in [6.45, 7) is 0.576. The number of likely N-dealkylation sites (tertiary alicyclic amines) is 3. The summed E-state index contributed by atoms with van der Waals surface area (Å²) in [5.41, 5.74) is 6.74. The number of nitrogens with zero attached hydrogens (tertiary/aromatic N) is 3. The first-order valence-corrected chi connectivity index (χ1v) is 15.5. The van der Waals surface area contributed by atoms with Crippen LogP contribution < -0.4 is 16.4 Å². The topological polar surface area (TPSA) is 203 Å². The number of nitrogens with one attached hydrogen (secondary N) is 2. The molecule has 0 radical (unpaired) electrons. The molecule has 0 spiro atoms. The van der Waals surface area contributed by atoms with E-state index in [1.54, 1.807) is 12.1 Å². The molecule has 0 aliphatic carbocycles. The molecule has 1 aromatic rings. The lowest BCUT2D eigenvalue weighted by Gasteiger charge is -2.32. The molecular weight excluding hydrogens is 592 g/mol. The quantitative estimate of drug-likeness (QED) is 0.163. The Hall–Kier alpha value is -3.85. The smallest absolute Gasteiger partial charge is 0.326 e. The van der Waals surface area contributed by atoms with E-state index in [0.717, 1.165) is 5.56 Å². The van der Waals surface area contributed by atoms with Crippen molar-refractivity contribution in [3.05, 3.63) is 29.8 Å². The number of hydrogen-bond acceptors (Lipinski definition) is 9. The maximum absolute atomic E-state index is 13.6. The van der Waals surface area contributed by atoms with E-state index in [9.17, 15) is 39.0 Å². The molecule has 1 aromatic carbocycles. The van der Waals surface area contributed by atoms with E-state index in [-0.39, 0.29) is 36.9 Å². The van der Waals surface area contributed by atoms with Crippen molar-refractivity contribution in [3.63, 3.8) is 0 Å². The Kier molecular flexibility index (Phi) is 11.1. The number of rotatable bonds is 11. The van der Waals surface area contributed by atoms with Crippen LogP contribution in [-0.2, 0) is 35.2 Å². The third-order valence-electron chi connectivity index (χ3n) is 8.46. The first kappa shape index (κ1) is 33.1. The fourth-order valence-corrected chi connectivity index (χ4v) is 6.38. The number of carboxylic acids is 1. The average Bonchev–Trinajstić information content (AvgIpc) is 3.79. The van der Waals surface area contributed by atoms with E-state index in [4.69, 9.17) is 5.73 Å². The zero-order valence-corrected chi connectivity index (χ0v) is 25.3. The number of aromatic hydroxyl groups is 1. The van der Waals surface area contributed by atoms with E-state index < -0.39 is 59.8 Å². The Morgan fingerprint density at radius 3 is 2.11 bits per heavy atom. The van der Waals surface area contributed by atoms with Gasteiger partial charge in [-0.3, -0.25) is 24.0 Å². The number of phenolic OH excluding ortho intramolecular Hbond substituents is 1. The summed E-state index contributed by atoms with van der Waals surface area (Å²) in [7, 11) is 0. The van der Waals surface area contributed by atoms with Crippen molar-refractivity contribution in [3.8, 4) is 5.75 Å². The second-order valence-corrected chi connectivity index (χ2v) is 11.8. The van der Waals surface area contributed by atoms with Gasteiger partial charge in [-0.05, 0) is 62.6 Å². The number of thiol groups is 1. The molecule has 0 saturated carbocycles. The van der Waals surface area contributed by atoms with Crippen LogP contribution >= 0.6 is 12.6 Å². The predicted octanol–water partition coefficient (Wildman–Crippen LogP) is -1.15. The highest BCUT2D eigenvalue weighted by Gasteiger charge is 2.43.